The molecule has 1 aromatic carbocycles. The van der Waals surface area contributed by atoms with E-state index in [1.165, 1.54) is 4.88 Å². The van der Waals surface area contributed by atoms with E-state index in [4.69, 9.17) is 9.47 Å². The van der Waals surface area contributed by atoms with Crippen molar-refractivity contribution in [3.63, 3.8) is 0 Å². The van der Waals surface area contributed by atoms with Crippen LogP contribution in [0.4, 0.5) is 0 Å². The van der Waals surface area contributed by atoms with Crippen molar-refractivity contribution >= 4 is 27.3 Å². The quantitative estimate of drug-likeness (QED) is 0.900. The standard InChI is InChI=1S/C15H16BrNO2S/c1-2-17-15(13-7-8-14(16)20-13)12-9-18-10-5-3-4-6-11(10)19-12/h3-8,12,15,17H,2,9H2,1H3. The minimum absolute atomic E-state index is 0.0181. The highest BCUT2D eigenvalue weighted by atomic mass is 79.9. The summed E-state index contributed by atoms with van der Waals surface area (Å²) in [5, 5.41) is 3.50. The molecule has 3 nitrogen and oxygen atoms in total. The van der Waals surface area contributed by atoms with Gasteiger partial charge in [-0.3, -0.25) is 0 Å². The summed E-state index contributed by atoms with van der Waals surface area (Å²) in [5.74, 6) is 1.65. The first-order chi connectivity index (χ1) is 9.78. The fourth-order valence-electron chi connectivity index (χ4n) is 2.33. The highest BCUT2D eigenvalue weighted by Gasteiger charge is 2.30. The van der Waals surface area contributed by atoms with Crippen LogP contribution >= 0.6 is 27.3 Å². The molecule has 0 bridgehead atoms. The lowest BCUT2D eigenvalue weighted by Crippen LogP contribution is -2.41. The fraction of sp³-hybridized carbons (Fsp3) is 0.333. The van der Waals surface area contributed by atoms with Crippen LogP contribution in [0.15, 0.2) is 40.2 Å². The van der Waals surface area contributed by atoms with E-state index in [1.54, 1.807) is 11.3 Å². The Morgan fingerprint density at radius 2 is 2.10 bits per heavy atom. The number of rotatable bonds is 4. The third kappa shape index (κ3) is 2.85. The highest BCUT2D eigenvalue weighted by molar-refractivity contribution is 9.11. The molecule has 20 heavy (non-hydrogen) atoms. The zero-order valence-electron chi connectivity index (χ0n) is 11.1. The minimum atomic E-state index is -0.0181. The SMILES string of the molecule is CCNC(c1ccc(Br)s1)C1COc2ccccc2O1. The average molecular weight is 354 g/mol. The summed E-state index contributed by atoms with van der Waals surface area (Å²) in [6.07, 6.45) is -0.0181. The normalized spacial score (nSPS) is 18.8. The second kappa shape index (κ2) is 6.16. The van der Waals surface area contributed by atoms with Gasteiger partial charge in [-0.15, -0.1) is 11.3 Å². The van der Waals surface area contributed by atoms with Crippen LogP contribution in [-0.4, -0.2) is 19.3 Å². The first-order valence-corrected chi connectivity index (χ1v) is 8.26. The smallest absolute Gasteiger partial charge is 0.161 e. The lowest BCUT2D eigenvalue weighted by atomic mass is 10.1. The number of para-hydroxylation sites is 2. The number of benzene rings is 1. The van der Waals surface area contributed by atoms with Gasteiger partial charge in [0, 0.05) is 4.88 Å². The molecule has 2 unspecified atom stereocenters. The molecule has 0 saturated carbocycles. The van der Waals surface area contributed by atoms with E-state index in [1.807, 2.05) is 24.3 Å². The van der Waals surface area contributed by atoms with Crippen LogP contribution in [0.5, 0.6) is 11.5 Å². The second-order valence-corrected chi connectivity index (χ2v) is 7.09. The van der Waals surface area contributed by atoms with Crippen molar-refractivity contribution in [2.75, 3.05) is 13.2 Å². The number of hydrogen-bond acceptors (Lipinski definition) is 4. The molecule has 2 aromatic rings. The first kappa shape index (κ1) is 13.9. The molecule has 1 aliphatic rings. The van der Waals surface area contributed by atoms with Gasteiger partial charge in [0.25, 0.3) is 0 Å². The van der Waals surface area contributed by atoms with Crippen LogP contribution < -0.4 is 14.8 Å². The Balaban J connectivity index is 1.83. The zero-order chi connectivity index (χ0) is 13.9. The Hall–Kier alpha value is -1.04. The number of ether oxygens (including phenoxy) is 2. The number of nitrogens with one attached hydrogen (secondary N) is 1. The monoisotopic (exact) mass is 353 g/mol. The Bertz CT molecular complexity index is 587. The van der Waals surface area contributed by atoms with E-state index >= 15 is 0 Å². The molecule has 5 heteroatoms. The third-order valence-electron chi connectivity index (χ3n) is 3.23. The van der Waals surface area contributed by atoms with Crippen molar-refractivity contribution in [3.8, 4) is 11.5 Å². The molecule has 0 amide bonds. The van der Waals surface area contributed by atoms with E-state index in [9.17, 15) is 0 Å². The summed E-state index contributed by atoms with van der Waals surface area (Å²) in [6, 6.07) is 12.2. The van der Waals surface area contributed by atoms with Crippen molar-refractivity contribution < 1.29 is 9.47 Å². The highest BCUT2D eigenvalue weighted by Crippen LogP contribution is 2.36. The van der Waals surface area contributed by atoms with Gasteiger partial charge in [0.05, 0.1) is 9.83 Å². The van der Waals surface area contributed by atoms with E-state index in [-0.39, 0.29) is 12.1 Å². The summed E-state index contributed by atoms with van der Waals surface area (Å²) < 4.78 is 13.1. The summed E-state index contributed by atoms with van der Waals surface area (Å²) in [4.78, 5) is 1.26. The van der Waals surface area contributed by atoms with Gasteiger partial charge >= 0.3 is 0 Å². The molecule has 1 N–H and O–H groups in total. The maximum Gasteiger partial charge on any atom is 0.161 e. The number of likely N-dealkylation sites (N-methyl/N-ethyl adjacent to an activating group) is 1. The molecule has 0 saturated heterocycles. The summed E-state index contributed by atoms with van der Waals surface area (Å²) in [5.41, 5.74) is 0. The van der Waals surface area contributed by atoms with Gasteiger partial charge < -0.3 is 14.8 Å². The molecule has 3 rings (SSSR count). The summed E-state index contributed by atoms with van der Waals surface area (Å²) >= 11 is 5.25. The molecule has 0 radical (unpaired) electrons. The van der Waals surface area contributed by atoms with Crippen LogP contribution in [0.25, 0.3) is 0 Å². The average Bonchev–Trinajstić information content (AvgIpc) is 2.90. The molecular formula is C15H16BrNO2S. The van der Waals surface area contributed by atoms with Crippen molar-refractivity contribution in [1.82, 2.24) is 5.32 Å². The van der Waals surface area contributed by atoms with Gasteiger partial charge in [0.1, 0.15) is 6.61 Å². The van der Waals surface area contributed by atoms with E-state index < -0.39 is 0 Å². The summed E-state index contributed by atoms with van der Waals surface area (Å²) in [6.45, 7) is 3.55. The molecular weight excluding hydrogens is 338 g/mol. The largest absolute Gasteiger partial charge is 0.486 e. The predicted octanol–water partition coefficient (Wildman–Crippen LogP) is 4.00. The third-order valence-corrected chi connectivity index (χ3v) is 4.93. The van der Waals surface area contributed by atoms with E-state index in [0.717, 1.165) is 21.8 Å². The number of halogens is 1. The van der Waals surface area contributed by atoms with Crippen molar-refractivity contribution in [2.24, 2.45) is 0 Å². The van der Waals surface area contributed by atoms with Crippen molar-refractivity contribution in [1.29, 1.82) is 0 Å². The summed E-state index contributed by atoms with van der Waals surface area (Å²) in [7, 11) is 0. The molecule has 1 aliphatic heterocycles. The molecule has 0 aliphatic carbocycles. The van der Waals surface area contributed by atoms with Crippen LogP contribution in [0, 0.1) is 0 Å². The van der Waals surface area contributed by atoms with Crippen LogP contribution in [0.2, 0.25) is 0 Å². The Morgan fingerprint density at radius 1 is 1.30 bits per heavy atom. The Kier molecular flexibility index (Phi) is 4.29. The Morgan fingerprint density at radius 3 is 2.80 bits per heavy atom. The zero-order valence-corrected chi connectivity index (χ0v) is 13.5. The van der Waals surface area contributed by atoms with Crippen LogP contribution in [0.1, 0.15) is 17.8 Å². The minimum Gasteiger partial charge on any atom is -0.486 e. The van der Waals surface area contributed by atoms with Gasteiger partial charge in [-0.25, -0.2) is 0 Å². The maximum absolute atomic E-state index is 6.11. The maximum atomic E-state index is 6.11. The van der Waals surface area contributed by atoms with Gasteiger partial charge in [-0.2, -0.15) is 0 Å². The van der Waals surface area contributed by atoms with Crippen LogP contribution in [0.3, 0.4) is 0 Å². The fourth-order valence-corrected chi connectivity index (χ4v) is 3.88. The molecule has 2 heterocycles. The van der Waals surface area contributed by atoms with Crippen molar-refractivity contribution in [3.05, 3.63) is 45.1 Å². The van der Waals surface area contributed by atoms with Gasteiger partial charge in [-0.05, 0) is 46.7 Å². The number of fused-ring (bicyclic) bond motifs is 1. The molecule has 106 valence electrons. The lowest BCUT2D eigenvalue weighted by molar-refractivity contribution is 0.0631. The number of thiophene rings is 1. The van der Waals surface area contributed by atoms with Crippen molar-refractivity contribution in [2.45, 2.75) is 19.1 Å². The van der Waals surface area contributed by atoms with Gasteiger partial charge in [0.15, 0.2) is 17.6 Å². The van der Waals surface area contributed by atoms with E-state index in [0.29, 0.717) is 6.61 Å². The molecule has 0 fully saturated rings. The topological polar surface area (TPSA) is 30.5 Å². The molecule has 0 spiro atoms. The van der Waals surface area contributed by atoms with Gasteiger partial charge in [0.2, 0.25) is 0 Å². The first-order valence-electron chi connectivity index (χ1n) is 6.65. The molecule has 1 aromatic heterocycles. The predicted molar refractivity (Wildman–Crippen MR) is 84.8 cm³/mol. The Labute approximate surface area is 131 Å². The molecule has 2 atom stereocenters. The van der Waals surface area contributed by atoms with Crippen LogP contribution in [-0.2, 0) is 0 Å². The van der Waals surface area contributed by atoms with Gasteiger partial charge in [-0.1, -0.05) is 19.1 Å². The number of hydrogen-bond donors (Lipinski definition) is 1. The van der Waals surface area contributed by atoms with E-state index in [2.05, 4.69) is 40.3 Å². The lowest BCUT2D eigenvalue weighted by Gasteiger charge is -2.32. The second-order valence-electron chi connectivity index (χ2n) is 4.59.